The van der Waals surface area contributed by atoms with Crippen LogP contribution in [0.1, 0.15) is 26.3 Å². The second-order valence-electron chi connectivity index (χ2n) is 5.42. The fourth-order valence-corrected chi connectivity index (χ4v) is 2.63. The number of fused-ring (bicyclic) bond motifs is 1. The lowest BCUT2D eigenvalue weighted by Gasteiger charge is -2.14. The lowest BCUT2D eigenvalue weighted by atomic mass is 10.1. The van der Waals surface area contributed by atoms with Crippen LogP contribution in [0.3, 0.4) is 0 Å². The van der Waals surface area contributed by atoms with Gasteiger partial charge in [-0.25, -0.2) is 4.39 Å². The monoisotopic (exact) mass is 346 g/mol. The highest BCUT2D eigenvalue weighted by molar-refractivity contribution is 6.30. The van der Waals surface area contributed by atoms with Crippen molar-refractivity contribution < 1.29 is 18.8 Å². The molecule has 0 unspecified atom stereocenters. The average molecular weight is 347 g/mol. The number of imide groups is 1. The molecule has 1 aliphatic rings. The second-order valence-corrected chi connectivity index (χ2v) is 5.85. The van der Waals surface area contributed by atoms with Gasteiger partial charge in [0.05, 0.1) is 16.8 Å². The van der Waals surface area contributed by atoms with E-state index in [4.69, 9.17) is 11.6 Å². The Hall–Kier alpha value is -2.73. The quantitative estimate of drug-likeness (QED) is 0.869. The highest BCUT2D eigenvalue weighted by Gasteiger charge is 2.36. The van der Waals surface area contributed by atoms with E-state index in [0.717, 1.165) is 16.5 Å². The molecule has 1 heterocycles. The molecule has 1 N–H and O–H groups in total. The van der Waals surface area contributed by atoms with Crippen LogP contribution < -0.4 is 5.32 Å². The van der Waals surface area contributed by atoms with Gasteiger partial charge in [0, 0.05) is 5.02 Å². The number of aryl methyl sites for hydroxylation is 1. The van der Waals surface area contributed by atoms with Crippen molar-refractivity contribution in [3.8, 4) is 0 Å². The second kappa shape index (κ2) is 6.05. The maximum atomic E-state index is 13.7. The van der Waals surface area contributed by atoms with Gasteiger partial charge in [-0.2, -0.15) is 0 Å². The smallest absolute Gasteiger partial charge is 0.262 e. The van der Waals surface area contributed by atoms with Crippen LogP contribution in [0.15, 0.2) is 36.4 Å². The summed E-state index contributed by atoms with van der Waals surface area (Å²) in [6, 6.07) is 8.67. The van der Waals surface area contributed by atoms with Gasteiger partial charge in [-0.15, -0.1) is 0 Å². The molecule has 0 aromatic heterocycles. The summed E-state index contributed by atoms with van der Waals surface area (Å²) < 4.78 is 13.7. The largest absolute Gasteiger partial charge is 0.322 e. The first kappa shape index (κ1) is 16.1. The third-order valence-corrected chi connectivity index (χ3v) is 3.87. The van der Waals surface area contributed by atoms with Gasteiger partial charge in [0.15, 0.2) is 0 Å². The Morgan fingerprint density at radius 2 is 1.83 bits per heavy atom. The van der Waals surface area contributed by atoms with Gasteiger partial charge in [0.2, 0.25) is 5.91 Å². The van der Waals surface area contributed by atoms with E-state index >= 15 is 0 Å². The minimum Gasteiger partial charge on any atom is -0.322 e. The van der Waals surface area contributed by atoms with Gasteiger partial charge < -0.3 is 5.32 Å². The zero-order chi connectivity index (χ0) is 17.4. The van der Waals surface area contributed by atoms with E-state index in [0.29, 0.717) is 0 Å². The van der Waals surface area contributed by atoms with E-state index in [1.807, 2.05) is 0 Å². The predicted octanol–water partition coefficient (Wildman–Crippen LogP) is 3.02. The molecule has 0 saturated carbocycles. The first-order valence-electron chi connectivity index (χ1n) is 7.08. The molecule has 1 aliphatic heterocycles. The molecule has 0 saturated heterocycles. The summed E-state index contributed by atoms with van der Waals surface area (Å²) in [5.41, 5.74) is 1.29. The number of amides is 3. The Balaban J connectivity index is 1.76. The summed E-state index contributed by atoms with van der Waals surface area (Å²) in [5.74, 6) is -2.46. The van der Waals surface area contributed by atoms with Crippen LogP contribution in [0, 0.1) is 12.7 Å². The van der Waals surface area contributed by atoms with Crippen LogP contribution in [0.5, 0.6) is 0 Å². The minimum absolute atomic E-state index is 0.0724. The first-order chi connectivity index (χ1) is 11.4. The topological polar surface area (TPSA) is 66.5 Å². The summed E-state index contributed by atoms with van der Waals surface area (Å²) in [5, 5.41) is 2.52. The lowest BCUT2D eigenvalue weighted by Crippen LogP contribution is -2.37. The molecule has 3 rings (SSSR count). The number of carbonyl (C=O) groups excluding carboxylic acids is 3. The highest BCUT2D eigenvalue weighted by atomic mass is 35.5. The lowest BCUT2D eigenvalue weighted by molar-refractivity contribution is -0.116. The van der Waals surface area contributed by atoms with Crippen LogP contribution in [-0.2, 0) is 4.79 Å². The highest BCUT2D eigenvalue weighted by Crippen LogP contribution is 2.24. The van der Waals surface area contributed by atoms with Crippen molar-refractivity contribution in [3.05, 3.63) is 63.9 Å². The molecule has 24 heavy (non-hydrogen) atoms. The molecule has 7 heteroatoms. The van der Waals surface area contributed by atoms with Gasteiger partial charge in [0.25, 0.3) is 11.8 Å². The fraction of sp³-hybridized carbons (Fsp3) is 0.118. The molecular weight excluding hydrogens is 335 g/mol. The fourth-order valence-electron chi connectivity index (χ4n) is 2.47. The molecule has 0 radical (unpaired) electrons. The molecule has 0 spiro atoms. The normalized spacial score (nSPS) is 13.2. The van der Waals surface area contributed by atoms with Crippen molar-refractivity contribution in [2.45, 2.75) is 6.92 Å². The van der Waals surface area contributed by atoms with E-state index in [1.165, 1.54) is 12.1 Å². The Morgan fingerprint density at radius 1 is 1.12 bits per heavy atom. The summed E-state index contributed by atoms with van der Waals surface area (Å²) >= 11 is 5.64. The molecule has 0 aliphatic carbocycles. The summed E-state index contributed by atoms with van der Waals surface area (Å²) in [4.78, 5) is 37.4. The Morgan fingerprint density at radius 3 is 2.54 bits per heavy atom. The molecule has 0 atom stereocenters. The van der Waals surface area contributed by atoms with Crippen molar-refractivity contribution in [3.63, 3.8) is 0 Å². The Kier molecular flexibility index (Phi) is 4.07. The third-order valence-electron chi connectivity index (χ3n) is 3.63. The van der Waals surface area contributed by atoms with E-state index in [-0.39, 0.29) is 21.8 Å². The van der Waals surface area contributed by atoms with Crippen molar-refractivity contribution in [2.75, 3.05) is 11.9 Å². The van der Waals surface area contributed by atoms with Crippen LogP contribution in [-0.4, -0.2) is 29.2 Å². The van der Waals surface area contributed by atoms with Crippen LogP contribution in [0.2, 0.25) is 5.02 Å². The summed E-state index contributed by atoms with van der Waals surface area (Å²) in [6.45, 7) is 1.31. The Labute approximate surface area is 142 Å². The maximum Gasteiger partial charge on any atom is 0.262 e. The predicted molar refractivity (Wildman–Crippen MR) is 86.6 cm³/mol. The number of halogens is 2. The Bertz CT molecular complexity index is 882. The van der Waals surface area contributed by atoms with E-state index in [9.17, 15) is 18.8 Å². The van der Waals surface area contributed by atoms with E-state index in [2.05, 4.69) is 5.32 Å². The number of nitrogens with zero attached hydrogens (tertiary/aromatic N) is 1. The standard InChI is InChI=1S/C17H12ClFN2O3/c1-9-2-4-11-12(6-9)17(24)21(16(11)23)8-15(22)20-14-5-3-10(18)7-13(14)19/h2-7H,8H2,1H3,(H,20,22). The minimum atomic E-state index is -0.700. The SMILES string of the molecule is Cc1ccc2c(c1)C(=O)N(CC(=O)Nc1ccc(Cl)cc1F)C2=O. The van der Waals surface area contributed by atoms with Gasteiger partial charge in [0.1, 0.15) is 12.4 Å². The average Bonchev–Trinajstić information content (AvgIpc) is 2.75. The van der Waals surface area contributed by atoms with Crippen LogP contribution in [0.25, 0.3) is 0 Å². The van der Waals surface area contributed by atoms with Crippen molar-refractivity contribution in [2.24, 2.45) is 0 Å². The molecule has 3 amide bonds. The van der Waals surface area contributed by atoms with Gasteiger partial charge in [-0.3, -0.25) is 19.3 Å². The van der Waals surface area contributed by atoms with Gasteiger partial charge in [-0.1, -0.05) is 23.2 Å². The summed E-state index contributed by atoms with van der Waals surface area (Å²) in [6.07, 6.45) is 0. The maximum absolute atomic E-state index is 13.7. The zero-order valence-electron chi connectivity index (χ0n) is 12.6. The van der Waals surface area contributed by atoms with E-state index in [1.54, 1.807) is 25.1 Å². The number of hydrogen-bond acceptors (Lipinski definition) is 3. The molecule has 122 valence electrons. The van der Waals surface area contributed by atoms with Gasteiger partial charge >= 0.3 is 0 Å². The number of rotatable bonds is 3. The molecule has 0 bridgehead atoms. The number of benzene rings is 2. The molecule has 5 nitrogen and oxygen atoms in total. The third kappa shape index (κ3) is 2.88. The van der Waals surface area contributed by atoms with Crippen LogP contribution in [0.4, 0.5) is 10.1 Å². The number of carbonyl (C=O) groups is 3. The number of hydrogen-bond donors (Lipinski definition) is 1. The van der Waals surface area contributed by atoms with Crippen LogP contribution >= 0.6 is 11.6 Å². The molecule has 0 fully saturated rings. The van der Waals surface area contributed by atoms with Crippen molar-refractivity contribution in [1.29, 1.82) is 0 Å². The van der Waals surface area contributed by atoms with Gasteiger partial charge in [-0.05, 0) is 37.3 Å². The van der Waals surface area contributed by atoms with Crippen molar-refractivity contribution in [1.82, 2.24) is 4.90 Å². The zero-order valence-corrected chi connectivity index (χ0v) is 13.4. The summed E-state index contributed by atoms with van der Waals surface area (Å²) in [7, 11) is 0. The number of nitrogens with one attached hydrogen (secondary N) is 1. The van der Waals surface area contributed by atoms with Crippen molar-refractivity contribution >= 4 is 35.0 Å². The first-order valence-corrected chi connectivity index (χ1v) is 7.46. The number of anilines is 1. The molecule has 2 aromatic rings. The molecule has 2 aromatic carbocycles. The van der Waals surface area contributed by atoms with E-state index < -0.39 is 30.1 Å². The molecular formula is C17H12ClFN2O3.